The van der Waals surface area contributed by atoms with E-state index in [1.807, 2.05) is 21.1 Å². The largest absolute Gasteiger partial charge is 0.472 e. The monoisotopic (exact) mass is 1330 g/mol. The van der Waals surface area contributed by atoms with Gasteiger partial charge in [-0.1, -0.05) is 361 Å². The fraction of sp³-hybridized carbons (Fsp3) is 0.762. The SMILES string of the molecule is CC/C=C\C/C=C\C/C=C\C/C=C\C/C=C\CCCCCCCCCCCCCCCCCCCCCCCC(=O)OC(COC(=O)CCCCCCCCCCCCCCCCCCCCCC/C=C\C/C=C\C/C=C\C/C=C\CC)COP(=O)(O)OCC[N+](C)(C)C. The first-order valence-corrected chi connectivity index (χ1v) is 41.1. The Morgan fingerprint density at radius 2 is 0.574 bits per heavy atom. The molecule has 2 unspecified atom stereocenters. The molecular formula is C84H151NO8P+. The molecule has 2 atom stereocenters. The number of allylic oxidation sites excluding steroid dienone is 18. The molecule has 0 saturated carbocycles. The van der Waals surface area contributed by atoms with Gasteiger partial charge in [-0.25, -0.2) is 4.57 Å². The Kier molecular flexibility index (Phi) is 71.3. The summed E-state index contributed by atoms with van der Waals surface area (Å²) < 4.78 is 34.8. The summed E-state index contributed by atoms with van der Waals surface area (Å²) in [5.41, 5.74) is 0. The zero-order chi connectivity index (χ0) is 68.3. The molecule has 0 aromatic rings. The molecule has 0 spiro atoms. The number of likely N-dealkylation sites (N-methyl/N-ethyl adjacent to an activating group) is 1. The van der Waals surface area contributed by atoms with Crippen molar-refractivity contribution in [2.24, 2.45) is 0 Å². The maximum atomic E-state index is 12.9. The topological polar surface area (TPSA) is 108 Å². The van der Waals surface area contributed by atoms with Crippen molar-refractivity contribution in [1.29, 1.82) is 0 Å². The van der Waals surface area contributed by atoms with Crippen LogP contribution in [0.1, 0.15) is 361 Å². The Hall–Kier alpha value is -3.33. The third-order valence-corrected chi connectivity index (χ3v) is 18.3. The maximum Gasteiger partial charge on any atom is 0.472 e. The second-order valence-electron chi connectivity index (χ2n) is 27.7. The number of phosphoric ester groups is 1. The van der Waals surface area contributed by atoms with Crippen LogP contribution in [-0.2, 0) is 32.7 Å². The summed E-state index contributed by atoms with van der Waals surface area (Å²) in [4.78, 5) is 36.0. The third-order valence-electron chi connectivity index (χ3n) is 17.3. The Labute approximate surface area is 582 Å². The van der Waals surface area contributed by atoms with Crippen LogP contribution in [0, 0.1) is 0 Å². The molecule has 0 saturated heterocycles. The molecule has 0 amide bonds. The molecule has 544 valence electrons. The van der Waals surface area contributed by atoms with Crippen LogP contribution in [0.25, 0.3) is 0 Å². The van der Waals surface area contributed by atoms with Crippen LogP contribution in [-0.4, -0.2) is 74.9 Å². The number of carbonyl (C=O) groups excluding carboxylic acids is 2. The van der Waals surface area contributed by atoms with Gasteiger partial charge in [0.1, 0.15) is 19.8 Å². The van der Waals surface area contributed by atoms with Crippen molar-refractivity contribution < 1.29 is 42.1 Å². The lowest BCUT2D eigenvalue weighted by Gasteiger charge is -2.24. The van der Waals surface area contributed by atoms with Crippen molar-refractivity contribution in [3.63, 3.8) is 0 Å². The number of hydrogen-bond acceptors (Lipinski definition) is 7. The van der Waals surface area contributed by atoms with Crippen molar-refractivity contribution in [1.82, 2.24) is 0 Å². The summed E-state index contributed by atoms with van der Waals surface area (Å²) in [5, 5.41) is 0. The van der Waals surface area contributed by atoms with Gasteiger partial charge in [0, 0.05) is 12.8 Å². The highest BCUT2D eigenvalue weighted by atomic mass is 31.2. The van der Waals surface area contributed by atoms with E-state index in [-0.39, 0.29) is 25.6 Å². The van der Waals surface area contributed by atoms with E-state index in [2.05, 4.69) is 123 Å². The Morgan fingerprint density at radius 3 is 0.851 bits per heavy atom. The lowest BCUT2D eigenvalue weighted by Crippen LogP contribution is -2.37. The first-order chi connectivity index (χ1) is 46.0. The summed E-state index contributed by atoms with van der Waals surface area (Å²) in [6.45, 7) is 4.26. The van der Waals surface area contributed by atoms with Gasteiger partial charge < -0.3 is 18.9 Å². The predicted octanol–water partition coefficient (Wildman–Crippen LogP) is 26.4. The van der Waals surface area contributed by atoms with Crippen LogP contribution >= 0.6 is 7.82 Å². The van der Waals surface area contributed by atoms with Crippen molar-refractivity contribution in [3.8, 4) is 0 Å². The molecule has 0 aromatic heterocycles. The highest BCUT2D eigenvalue weighted by Crippen LogP contribution is 2.43. The number of unbranched alkanes of at least 4 members (excludes halogenated alkanes) is 41. The van der Waals surface area contributed by atoms with E-state index in [0.29, 0.717) is 23.9 Å². The van der Waals surface area contributed by atoms with Crippen LogP contribution in [0.4, 0.5) is 0 Å². The Morgan fingerprint density at radius 1 is 0.330 bits per heavy atom. The quantitative estimate of drug-likeness (QED) is 0.0211. The van der Waals surface area contributed by atoms with E-state index in [9.17, 15) is 19.0 Å². The van der Waals surface area contributed by atoms with E-state index < -0.39 is 26.5 Å². The van der Waals surface area contributed by atoms with Crippen LogP contribution in [0.2, 0.25) is 0 Å². The van der Waals surface area contributed by atoms with Gasteiger partial charge in [-0.05, 0) is 96.3 Å². The van der Waals surface area contributed by atoms with E-state index in [4.69, 9.17) is 18.5 Å². The number of ether oxygens (including phenoxy) is 2. The number of carbonyl (C=O) groups is 2. The van der Waals surface area contributed by atoms with Gasteiger partial charge in [-0.3, -0.25) is 18.6 Å². The Balaban J connectivity index is 3.94. The lowest BCUT2D eigenvalue weighted by molar-refractivity contribution is -0.870. The minimum absolute atomic E-state index is 0.0314. The number of esters is 2. The summed E-state index contributed by atoms with van der Waals surface area (Å²) in [5.74, 6) is -0.781. The molecule has 94 heavy (non-hydrogen) atoms. The Bertz CT molecular complexity index is 1960. The molecule has 0 radical (unpaired) electrons. The van der Waals surface area contributed by atoms with Crippen molar-refractivity contribution >= 4 is 19.8 Å². The van der Waals surface area contributed by atoms with E-state index in [0.717, 1.165) is 89.9 Å². The van der Waals surface area contributed by atoms with Crippen LogP contribution in [0.5, 0.6) is 0 Å². The van der Waals surface area contributed by atoms with Crippen molar-refractivity contribution in [2.45, 2.75) is 367 Å². The van der Waals surface area contributed by atoms with Crippen molar-refractivity contribution in [2.75, 3.05) is 47.5 Å². The number of phosphoric acid groups is 1. The number of rotatable bonds is 73. The minimum Gasteiger partial charge on any atom is -0.462 e. The molecule has 0 heterocycles. The van der Waals surface area contributed by atoms with Crippen molar-refractivity contribution in [3.05, 3.63) is 109 Å². The average molecular weight is 1330 g/mol. The average Bonchev–Trinajstić information content (AvgIpc) is 1.56. The van der Waals surface area contributed by atoms with E-state index in [1.54, 1.807) is 0 Å². The smallest absolute Gasteiger partial charge is 0.462 e. The van der Waals surface area contributed by atoms with Gasteiger partial charge in [0.15, 0.2) is 6.10 Å². The van der Waals surface area contributed by atoms with Gasteiger partial charge in [0.05, 0.1) is 27.7 Å². The van der Waals surface area contributed by atoms with E-state index in [1.165, 1.54) is 238 Å². The second-order valence-corrected chi connectivity index (χ2v) is 29.1. The molecule has 1 N–H and O–H groups in total. The van der Waals surface area contributed by atoms with Crippen LogP contribution < -0.4 is 0 Å². The maximum absolute atomic E-state index is 12.9. The molecule has 0 aliphatic heterocycles. The highest BCUT2D eigenvalue weighted by Gasteiger charge is 2.27. The molecule has 0 bridgehead atoms. The second kappa shape index (κ2) is 73.9. The minimum atomic E-state index is -4.40. The molecular weight excluding hydrogens is 1180 g/mol. The number of nitrogens with zero attached hydrogens (tertiary/aromatic N) is 1. The summed E-state index contributed by atoms with van der Waals surface area (Å²) in [6.07, 6.45) is 105. The fourth-order valence-electron chi connectivity index (χ4n) is 11.3. The molecule has 0 aromatic carbocycles. The molecule has 0 aliphatic carbocycles. The zero-order valence-electron chi connectivity index (χ0n) is 62.2. The zero-order valence-corrected chi connectivity index (χ0v) is 63.1. The molecule has 0 aliphatic rings. The summed E-state index contributed by atoms with van der Waals surface area (Å²) in [6, 6.07) is 0. The lowest BCUT2D eigenvalue weighted by atomic mass is 10.0. The number of quaternary nitrogens is 1. The standard InChI is InChI=1S/C84H150NO8P/c1-6-8-10-12-14-16-18-20-22-24-26-28-30-32-34-36-38-40-41-42-43-45-47-49-51-53-55-57-59-61-63-65-67-69-71-73-75-77-84(87)93-82(81-92-94(88,89)91-79-78-85(3,4)5)80-90-83(86)76-74-72-70-68-66-64-62-60-58-56-54-52-50-48-46-44-39-37-35-33-31-29-27-25-23-21-19-17-15-13-11-9-7-2/h8-11,14-17,20-23,26-29,32,34,82H,6-7,12-13,18-19,24-25,30-31,33,35-81H2,1-5H3/p+1/b10-8-,11-9-,16-14-,17-15-,22-20-,23-21-,28-26-,29-27-,34-32-. The van der Waals surface area contributed by atoms with Gasteiger partial charge in [-0.2, -0.15) is 0 Å². The van der Waals surface area contributed by atoms with Gasteiger partial charge in [0.25, 0.3) is 0 Å². The highest BCUT2D eigenvalue weighted by molar-refractivity contribution is 7.47. The molecule has 9 nitrogen and oxygen atoms in total. The number of hydrogen-bond donors (Lipinski definition) is 1. The van der Waals surface area contributed by atoms with Gasteiger partial charge in [-0.15, -0.1) is 0 Å². The summed E-state index contributed by atoms with van der Waals surface area (Å²) in [7, 11) is 1.49. The first kappa shape index (κ1) is 90.7. The van der Waals surface area contributed by atoms with E-state index >= 15 is 0 Å². The normalized spacial score (nSPS) is 13.6. The molecule has 0 rings (SSSR count). The van der Waals surface area contributed by atoms with Crippen LogP contribution in [0.15, 0.2) is 109 Å². The third kappa shape index (κ3) is 77.7. The van der Waals surface area contributed by atoms with Gasteiger partial charge >= 0.3 is 19.8 Å². The van der Waals surface area contributed by atoms with Crippen LogP contribution in [0.3, 0.4) is 0 Å². The fourth-order valence-corrected chi connectivity index (χ4v) is 12.1. The first-order valence-electron chi connectivity index (χ1n) is 39.6. The predicted molar refractivity (Wildman–Crippen MR) is 408 cm³/mol. The molecule has 10 heteroatoms. The summed E-state index contributed by atoms with van der Waals surface area (Å²) >= 11 is 0. The van der Waals surface area contributed by atoms with Gasteiger partial charge in [0.2, 0.25) is 0 Å². The molecule has 0 fully saturated rings.